The number of hydrogen-bond acceptors (Lipinski definition) is 7. The molecular formula is C14H12N4O4S2. The molecule has 0 saturated heterocycles. The van der Waals surface area contributed by atoms with Gasteiger partial charge in [0.05, 0.1) is 24.6 Å². The molecule has 10 heteroatoms. The number of amides is 1. The molecule has 0 radical (unpaired) electrons. The first-order valence-electron chi connectivity index (χ1n) is 6.64. The van der Waals surface area contributed by atoms with Crippen LogP contribution in [0.25, 0.3) is 6.08 Å². The number of rotatable bonds is 2. The minimum atomic E-state index is -3.65. The van der Waals surface area contributed by atoms with E-state index in [1.165, 1.54) is 6.08 Å². The zero-order valence-electron chi connectivity index (χ0n) is 12.7. The second kappa shape index (κ2) is 5.87. The highest BCUT2D eigenvalue weighted by atomic mass is 32.2. The van der Waals surface area contributed by atoms with Crippen LogP contribution in [0.4, 0.5) is 0 Å². The van der Waals surface area contributed by atoms with Crippen molar-refractivity contribution in [1.82, 2.24) is 4.90 Å². The Hall–Kier alpha value is -2.46. The van der Waals surface area contributed by atoms with Crippen molar-refractivity contribution in [2.75, 3.05) is 13.4 Å². The van der Waals surface area contributed by atoms with Crippen LogP contribution >= 0.6 is 11.9 Å². The van der Waals surface area contributed by atoms with Gasteiger partial charge in [-0.15, -0.1) is 0 Å². The molecule has 2 aliphatic rings. The van der Waals surface area contributed by atoms with E-state index in [2.05, 4.69) is 9.39 Å². The molecule has 0 saturated carbocycles. The van der Waals surface area contributed by atoms with E-state index in [1.807, 2.05) is 0 Å². The normalized spacial score (nSPS) is 19.2. The fourth-order valence-corrected chi connectivity index (χ4v) is 3.95. The number of nitrogens with one attached hydrogen (secondary N) is 1. The summed E-state index contributed by atoms with van der Waals surface area (Å²) in [6.07, 6.45) is 2.47. The number of carbonyl (C=O) groups is 1. The number of benzene rings is 1. The molecule has 0 aromatic heterocycles. The SMILES string of the molecule is COc1ccc(/C=C2/C(=N)N3C(=NC2=O)SN=C3S(C)(=O)=O)cc1. The van der Waals surface area contributed by atoms with E-state index >= 15 is 0 Å². The van der Waals surface area contributed by atoms with Gasteiger partial charge in [0.1, 0.15) is 11.6 Å². The largest absolute Gasteiger partial charge is 0.497 e. The number of sulfone groups is 1. The molecule has 1 amide bonds. The predicted molar refractivity (Wildman–Crippen MR) is 92.8 cm³/mol. The van der Waals surface area contributed by atoms with Crippen molar-refractivity contribution in [1.29, 1.82) is 5.41 Å². The first-order valence-corrected chi connectivity index (χ1v) is 9.30. The second-order valence-electron chi connectivity index (χ2n) is 4.95. The smallest absolute Gasteiger partial charge is 0.283 e. The molecule has 8 nitrogen and oxygen atoms in total. The lowest BCUT2D eigenvalue weighted by molar-refractivity contribution is -0.114. The van der Waals surface area contributed by atoms with Gasteiger partial charge in [-0.25, -0.2) is 13.3 Å². The molecule has 1 aromatic carbocycles. The highest BCUT2D eigenvalue weighted by Crippen LogP contribution is 2.29. The van der Waals surface area contributed by atoms with Gasteiger partial charge < -0.3 is 4.74 Å². The van der Waals surface area contributed by atoms with Crippen LogP contribution in [0.1, 0.15) is 5.56 Å². The Morgan fingerprint density at radius 2 is 1.96 bits per heavy atom. The van der Waals surface area contributed by atoms with E-state index in [1.54, 1.807) is 31.4 Å². The van der Waals surface area contributed by atoms with Crippen molar-refractivity contribution >= 4 is 49.9 Å². The van der Waals surface area contributed by atoms with Crippen LogP contribution in [0.2, 0.25) is 0 Å². The number of fused-ring (bicyclic) bond motifs is 1. The van der Waals surface area contributed by atoms with Gasteiger partial charge in [-0.3, -0.25) is 10.2 Å². The Kier molecular flexibility index (Phi) is 4.01. The van der Waals surface area contributed by atoms with Gasteiger partial charge >= 0.3 is 0 Å². The number of amidine groups is 3. The number of aliphatic imine (C=N–C) groups is 1. The van der Waals surface area contributed by atoms with Crippen molar-refractivity contribution in [3.8, 4) is 5.75 Å². The predicted octanol–water partition coefficient (Wildman–Crippen LogP) is 1.32. The van der Waals surface area contributed by atoms with Gasteiger partial charge in [0.2, 0.25) is 20.2 Å². The Morgan fingerprint density at radius 1 is 1.29 bits per heavy atom. The average molecular weight is 364 g/mol. The molecule has 2 heterocycles. The molecule has 2 aliphatic heterocycles. The summed E-state index contributed by atoms with van der Waals surface area (Å²) in [5.41, 5.74) is 0.648. The highest BCUT2D eigenvalue weighted by Gasteiger charge is 2.41. The topological polar surface area (TPSA) is 112 Å². The summed E-state index contributed by atoms with van der Waals surface area (Å²) in [6.45, 7) is 0. The molecule has 0 unspecified atom stereocenters. The van der Waals surface area contributed by atoms with Crippen LogP contribution < -0.4 is 4.74 Å². The van der Waals surface area contributed by atoms with E-state index in [9.17, 15) is 13.2 Å². The minimum absolute atomic E-state index is 0.0113. The number of carbonyl (C=O) groups excluding carboxylic acids is 1. The van der Waals surface area contributed by atoms with Crippen LogP contribution in [0.15, 0.2) is 39.2 Å². The quantitative estimate of drug-likeness (QED) is 0.625. The third-order valence-electron chi connectivity index (χ3n) is 3.25. The molecule has 0 bridgehead atoms. The van der Waals surface area contributed by atoms with Crippen molar-refractivity contribution in [2.24, 2.45) is 9.39 Å². The molecule has 3 rings (SSSR count). The maximum atomic E-state index is 12.2. The second-order valence-corrected chi connectivity index (χ2v) is 7.59. The van der Waals surface area contributed by atoms with E-state index < -0.39 is 15.7 Å². The molecule has 1 N–H and O–H groups in total. The summed E-state index contributed by atoms with van der Waals surface area (Å²) in [4.78, 5) is 17.1. The van der Waals surface area contributed by atoms with Crippen LogP contribution in [0.5, 0.6) is 5.75 Å². The zero-order valence-corrected chi connectivity index (χ0v) is 14.3. The van der Waals surface area contributed by atoms with Crippen LogP contribution in [0.3, 0.4) is 0 Å². The molecular weight excluding hydrogens is 352 g/mol. The van der Waals surface area contributed by atoms with Crippen molar-refractivity contribution in [3.05, 3.63) is 35.4 Å². The molecule has 0 atom stereocenters. The average Bonchev–Trinajstić information content (AvgIpc) is 2.96. The monoisotopic (exact) mass is 364 g/mol. The van der Waals surface area contributed by atoms with Crippen LogP contribution in [-0.2, 0) is 14.6 Å². The third-order valence-corrected chi connectivity index (χ3v) is 5.01. The van der Waals surface area contributed by atoms with Crippen molar-refractivity contribution in [3.63, 3.8) is 0 Å². The maximum absolute atomic E-state index is 12.2. The minimum Gasteiger partial charge on any atom is -0.497 e. The van der Waals surface area contributed by atoms with Crippen molar-refractivity contribution < 1.29 is 17.9 Å². The van der Waals surface area contributed by atoms with Crippen molar-refractivity contribution in [2.45, 2.75) is 0 Å². The highest BCUT2D eigenvalue weighted by molar-refractivity contribution is 8.16. The van der Waals surface area contributed by atoms with Gasteiger partial charge in [0, 0.05) is 6.26 Å². The molecule has 0 spiro atoms. The molecule has 0 fully saturated rings. The van der Waals surface area contributed by atoms with E-state index in [0.717, 1.165) is 23.1 Å². The first kappa shape index (κ1) is 16.4. The summed E-state index contributed by atoms with van der Waals surface area (Å²) < 4.78 is 32.5. The Balaban J connectivity index is 2.01. The van der Waals surface area contributed by atoms with Gasteiger partial charge in [-0.05, 0) is 23.8 Å². The lowest BCUT2D eigenvalue weighted by Gasteiger charge is -2.23. The standard InChI is InChI=1S/C14H12N4O4S2/c1-22-9-5-3-8(4-6-9)7-10-11(15)18-13(16-12(10)19)23-17-14(18)24(2,20)21/h3-7,15H,1-2H3/b10-7-,15-11?. The Morgan fingerprint density at radius 3 is 2.54 bits per heavy atom. The number of hydrogen-bond donors (Lipinski definition) is 1. The lowest BCUT2D eigenvalue weighted by Crippen LogP contribution is -2.45. The summed E-state index contributed by atoms with van der Waals surface area (Å²) in [5, 5.41) is 7.98. The van der Waals surface area contributed by atoms with Gasteiger partial charge in [0.15, 0.2) is 0 Å². The summed E-state index contributed by atoms with van der Waals surface area (Å²) in [6, 6.07) is 6.87. The summed E-state index contributed by atoms with van der Waals surface area (Å²) in [5.74, 6) is -0.223. The van der Waals surface area contributed by atoms with E-state index in [4.69, 9.17) is 10.1 Å². The van der Waals surface area contributed by atoms with Crippen LogP contribution in [0, 0.1) is 5.41 Å². The fourth-order valence-electron chi connectivity index (χ4n) is 2.10. The van der Waals surface area contributed by atoms with E-state index in [-0.39, 0.29) is 21.7 Å². The van der Waals surface area contributed by atoms with E-state index in [0.29, 0.717) is 11.3 Å². The molecule has 124 valence electrons. The number of methoxy groups -OCH3 is 1. The third kappa shape index (κ3) is 2.85. The Labute approximate surface area is 142 Å². The first-order chi connectivity index (χ1) is 11.3. The summed E-state index contributed by atoms with van der Waals surface area (Å²) in [7, 11) is -2.11. The Bertz CT molecular complexity index is 930. The maximum Gasteiger partial charge on any atom is 0.283 e. The molecule has 24 heavy (non-hydrogen) atoms. The lowest BCUT2D eigenvalue weighted by atomic mass is 10.1. The summed E-state index contributed by atoms with van der Waals surface area (Å²) >= 11 is 0.761. The number of ether oxygens (including phenoxy) is 1. The van der Waals surface area contributed by atoms with Crippen LogP contribution in [-0.4, -0.2) is 48.8 Å². The number of nitrogens with zero attached hydrogens (tertiary/aromatic N) is 3. The zero-order chi connectivity index (χ0) is 17.5. The fraction of sp³-hybridized carbons (Fsp3) is 0.143. The molecule has 0 aliphatic carbocycles. The van der Waals surface area contributed by atoms with Gasteiger partial charge in [-0.1, -0.05) is 12.1 Å². The van der Waals surface area contributed by atoms with Gasteiger partial charge in [-0.2, -0.15) is 9.39 Å². The molecule has 1 aromatic rings. The van der Waals surface area contributed by atoms with Gasteiger partial charge in [0.25, 0.3) is 5.91 Å².